The van der Waals surface area contributed by atoms with Crippen molar-refractivity contribution in [1.82, 2.24) is 0 Å². The minimum atomic E-state index is -0.0206. The Morgan fingerprint density at radius 1 is 0.571 bits per heavy atom. The first-order valence-electron chi connectivity index (χ1n) is 9.66. The zero-order valence-corrected chi connectivity index (χ0v) is 17.6. The molecule has 1 aliphatic rings. The van der Waals surface area contributed by atoms with Gasteiger partial charge in [0.25, 0.3) is 0 Å². The van der Waals surface area contributed by atoms with Gasteiger partial charge in [0.05, 0.1) is 0 Å². The minimum absolute atomic E-state index is 0.0206. The van der Waals surface area contributed by atoms with E-state index in [1.807, 2.05) is 0 Å². The van der Waals surface area contributed by atoms with Gasteiger partial charge in [0.1, 0.15) is 0 Å². The van der Waals surface area contributed by atoms with E-state index in [1.165, 1.54) is 44.5 Å². The third-order valence-corrected chi connectivity index (χ3v) is 6.61. The highest BCUT2D eigenvalue weighted by molar-refractivity contribution is 9.10. The Morgan fingerprint density at radius 3 is 1.82 bits per heavy atom. The van der Waals surface area contributed by atoms with Gasteiger partial charge in [0, 0.05) is 9.89 Å². The van der Waals surface area contributed by atoms with Crippen LogP contribution in [0.25, 0.3) is 33.4 Å². The molecule has 0 aliphatic heterocycles. The lowest BCUT2D eigenvalue weighted by Gasteiger charge is -2.22. The summed E-state index contributed by atoms with van der Waals surface area (Å²) in [7, 11) is 0. The number of hydrogen-bond acceptors (Lipinski definition) is 0. The van der Waals surface area contributed by atoms with Gasteiger partial charge in [-0.1, -0.05) is 109 Å². The van der Waals surface area contributed by atoms with Crippen molar-refractivity contribution >= 4 is 15.9 Å². The standard InChI is InChI=1S/C27H21Br/c1-27(2)23-15-9-14-20(18-10-5-3-6-11-18)26(23)22-16-21(25(28)17-24(22)27)19-12-7-4-8-13-19/h3-17H,1-2H3. The molecule has 4 aromatic rings. The summed E-state index contributed by atoms with van der Waals surface area (Å²) in [5, 5.41) is 0. The molecule has 28 heavy (non-hydrogen) atoms. The Balaban J connectivity index is 1.82. The van der Waals surface area contributed by atoms with E-state index < -0.39 is 0 Å². The molecule has 4 aromatic carbocycles. The molecule has 0 nitrogen and oxygen atoms in total. The van der Waals surface area contributed by atoms with Crippen LogP contribution in [0.5, 0.6) is 0 Å². The quantitative estimate of drug-likeness (QED) is 0.304. The predicted molar refractivity (Wildman–Crippen MR) is 123 cm³/mol. The van der Waals surface area contributed by atoms with Crippen LogP contribution in [0, 0.1) is 0 Å². The van der Waals surface area contributed by atoms with E-state index in [0.29, 0.717) is 0 Å². The van der Waals surface area contributed by atoms with E-state index in [2.05, 4.69) is 121 Å². The molecule has 0 radical (unpaired) electrons. The first-order chi connectivity index (χ1) is 13.6. The lowest BCUT2D eigenvalue weighted by molar-refractivity contribution is 0.660. The summed E-state index contributed by atoms with van der Waals surface area (Å²) in [6.07, 6.45) is 0. The van der Waals surface area contributed by atoms with E-state index in [9.17, 15) is 0 Å². The molecule has 0 fully saturated rings. The fourth-order valence-electron chi connectivity index (χ4n) is 4.50. The van der Waals surface area contributed by atoms with E-state index in [4.69, 9.17) is 0 Å². The predicted octanol–water partition coefficient (Wildman–Crippen LogP) is 8.09. The van der Waals surface area contributed by atoms with Gasteiger partial charge in [-0.15, -0.1) is 0 Å². The topological polar surface area (TPSA) is 0 Å². The van der Waals surface area contributed by atoms with E-state index in [1.54, 1.807) is 0 Å². The third kappa shape index (κ3) is 2.57. The highest BCUT2D eigenvalue weighted by Crippen LogP contribution is 2.54. The van der Waals surface area contributed by atoms with Crippen LogP contribution in [0.3, 0.4) is 0 Å². The number of rotatable bonds is 2. The summed E-state index contributed by atoms with van der Waals surface area (Å²) in [5.74, 6) is 0. The van der Waals surface area contributed by atoms with Crippen molar-refractivity contribution in [2.75, 3.05) is 0 Å². The molecule has 0 saturated carbocycles. The summed E-state index contributed by atoms with van der Waals surface area (Å²) >= 11 is 3.85. The van der Waals surface area contributed by atoms with Crippen LogP contribution in [0.2, 0.25) is 0 Å². The van der Waals surface area contributed by atoms with E-state index in [0.717, 1.165) is 4.47 Å². The highest BCUT2D eigenvalue weighted by atomic mass is 79.9. The van der Waals surface area contributed by atoms with Crippen molar-refractivity contribution in [1.29, 1.82) is 0 Å². The van der Waals surface area contributed by atoms with Gasteiger partial charge in [-0.25, -0.2) is 0 Å². The smallest absolute Gasteiger partial charge is 0.0257 e. The number of benzene rings is 4. The Labute approximate surface area is 175 Å². The van der Waals surface area contributed by atoms with Gasteiger partial charge in [0.15, 0.2) is 0 Å². The molecule has 0 N–H and O–H groups in total. The maximum absolute atomic E-state index is 3.85. The van der Waals surface area contributed by atoms with E-state index in [-0.39, 0.29) is 5.41 Å². The van der Waals surface area contributed by atoms with Crippen LogP contribution < -0.4 is 0 Å². The van der Waals surface area contributed by atoms with E-state index >= 15 is 0 Å². The van der Waals surface area contributed by atoms with Gasteiger partial charge < -0.3 is 0 Å². The molecule has 136 valence electrons. The van der Waals surface area contributed by atoms with Crippen molar-refractivity contribution in [2.24, 2.45) is 0 Å². The van der Waals surface area contributed by atoms with Crippen molar-refractivity contribution < 1.29 is 0 Å². The van der Waals surface area contributed by atoms with Crippen LogP contribution in [-0.4, -0.2) is 0 Å². The minimum Gasteiger partial charge on any atom is -0.0622 e. The Hall–Kier alpha value is -2.64. The molecule has 1 heteroatoms. The zero-order chi connectivity index (χ0) is 19.3. The second-order valence-corrected chi connectivity index (χ2v) is 8.82. The van der Waals surface area contributed by atoms with Gasteiger partial charge in [0.2, 0.25) is 0 Å². The third-order valence-electron chi connectivity index (χ3n) is 5.96. The largest absolute Gasteiger partial charge is 0.0622 e. The molecule has 0 bridgehead atoms. The normalized spacial score (nSPS) is 13.8. The maximum atomic E-state index is 3.85. The van der Waals surface area contributed by atoms with Crippen LogP contribution >= 0.6 is 15.9 Å². The summed E-state index contributed by atoms with van der Waals surface area (Å²) < 4.78 is 1.15. The van der Waals surface area contributed by atoms with Crippen LogP contribution in [-0.2, 0) is 5.41 Å². The average molecular weight is 425 g/mol. The second kappa shape index (κ2) is 6.46. The molecule has 0 unspecified atom stereocenters. The van der Waals surface area contributed by atoms with Crippen molar-refractivity contribution in [3.05, 3.63) is 107 Å². The molecule has 0 saturated heterocycles. The average Bonchev–Trinajstić information content (AvgIpc) is 2.95. The molecule has 0 amide bonds. The fourth-order valence-corrected chi connectivity index (χ4v) is 5.08. The van der Waals surface area contributed by atoms with Crippen molar-refractivity contribution in [3.8, 4) is 33.4 Å². The lowest BCUT2D eigenvalue weighted by atomic mass is 9.81. The molecule has 0 aromatic heterocycles. The SMILES string of the molecule is CC1(C)c2cc(Br)c(-c3ccccc3)cc2-c2c(-c3ccccc3)cccc21. The lowest BCUT2D eigenvalue weighted by Crippen LogP contribution is -2.15. The van der Waals surface area contributed by atoms with Crippen LogP contribution in [0.4, 0.5) is 0 Å². The highest BCUT2D eigenvalue weighted by Gasteiger charge is 2.37. The molecule has 5 rings (SSSR count). The zero-order valence-electron chi connectivity index (χ0n) is 16.0. The van der Waals surface area contributed by atoms with Gasteiger partial charge in [-0.05, 0) is 56.6 Å². The Kier molecular flexibility index (Phi) is 4.03. The molecular weight excluding hydrogens is 404 g/mol. The van der Waals surface area contributed by atoms with Crippen molar-refractivity contribution in [3.63, 3.8) is 0 Å². The van der Waals surface area contributed by atoms with Gasteiger partial charge >= 0.3 is 0 Å². The Bertz CT molecular complexity index is 1170. The fraction of sp³-hybridized carbons (Fsp3) is 0.111. The molecule has 0 heterocycles. The monoisotopic (exact) mass is 424 g/mol. The Morgan fingerprint density at radius 2 is 1.18 bits per heavy atom. The first-order valence-corrected chi connectivity index (χ1v) is 10.5. The first kappa shape index (κ1) is 17.5. The molecule has 0 spiro atoms. The number of fused-ring (bicyclic) bond motifs is 3. The van der Waals surface area contributed by atoms with Gasteiger partial charge in [-0.3, -0.25) is 0 Å². The van der Waals surface area contributed by atoms with Crippen LogP contribution in [0.15, 0.2) is 95.5 Å². The number of hydrogen-bond donors (Lipinski definition) is 0. The molecule has 0 atom stereocenters. The summed E-state index contributed by atoms with van der Waals surface area (Å²) in [6.45, 7) is 4.67. The van der Waals surface area contributed by atoms with Crippen molar-refractivity contribution in [2.45, 2.75) is 19.3 Å². The summed E-state index contributed by atoms with van der Waals surface area (Å²) in [5.41, 5.74) is 10.6. The van der Waals surface area contributed by atoms with Gasteiger partial charge in [-0.2, -0.15) is 0 Å². The summed E-state index contributed by atoms with van der Waals surface area (Å²) in [6, 6.07) is 32.8. The van der Waals surface area contributed by atoms with Crippen LogP contribution in [0.1, 0.15) is 25.0 Å². The maximum Gasteiger partial charge on any atom is 0.0257 e. The number of halogens is 1. The molecular formula is C27H21Br. The second-order valence-electron chi connectivity index (χ2n) is 7.96. The molecule has 1 aliphatic carbocycles. The summed E-state index contributed by atoms with van der Waals surface area (Å²) in [4.78, 5) is 0.